The van der Waals surface area contributed by atoms with Crippen LogP contribution in [-0.4, -0.2) is 48.1 Å². The number of Topliss-reactive ketones (excluding diaryl/α,β-unsaturated/α-hetero) is 1. The predicted molar refractivity (Wildman–Crippen MR) is 72.8 cm³/mol. The van der Waals surface area contributed by atoms with Crippen molar-refractivity contribution in [3.05, 3.63) is 35.9 Å². The molecule has 1 aromatic rings. The van der Waals surface area contributed by atoms with E-state index in [1.807, 2.05) is 30.3 Å². The van der Waals surface area contributed by atoms with Crippen LogP contribution in [0.4, 0.5) is 0 Å². The van der Waals surface area contributed by atoms with Crippen LogP contribution < -0.4 is 0 Å². The molecule has 0 amide bonds. The summed E-state index contributed by atoms with van der Waals surface area (Å²) in [4.78, 5) is 13.2. The summed E-state index contributed by atoms with van der Waals surface area (Å²) in [5.41, 5.74) is 1.11. The van der Waals surface area contributed by atoms with Crippen molar-refractivity contribution in [2.75, 3.05) is 26.2 Å². The predicted octanol–water partition coefficient (Wildman–Crippen LogP) is 1.23. The molecule has 0 aromatic heterocycles. The van der Waals surface area contributed by atoms with E-state index in [1.165, 1.54) is 0 Å². The summed E-state index contributed by atoms with van der Waals surface area (Å²) in [6.45, 7) is 2.96. The maximum atomic E-state index is 11.1. The second-order valence-corrected chi connectivity index (χ2v) is 4.99. The minimum Gasteiger partial charge on any atom is -0.389 e. The Labute approximate surface area is 114 Å². The molecule has 1 N–H and O–H groups in total. The Morgan fingerprint density at radius 3 is 2.58 bits per heavy atom. The van der Waals surface area contributed by atoms with Gasteiger partial charge in [-0.25, -0.2) is 0 Å². The van der Waals surface area contributed by atoms with Crippen molar-refractivity contribution in [2.24, 2.45) is 0 Å². The van der Waals surface area contributed by atoms with Crippen LogP contribution in [0.5, 0.6) is 0 Å². The van der Waals surface area contributed by atoms with E-state index >= 15 is 0 Å². The van der Waals surface area contributed by atoms with E-state index in [0.29, 0.717) is 38.4 Å². The van der Waals surface area contributed by atoms with Crippen molar-refractivity contribution in [3.63, 3.8) is 0 Å². The first-order chi connectivity index (χ1) is 9.24. The van der Waals surface area contributed by atoms with Crippen LogP contribution in [0.2, 0.25) is 0 Å². The van der Waals surface area contributed by atoms with Crippen LogP contribution in [0.25, 0.3) is 0 Å². The fourth-order valence-corrected chi connectivity index (χ4v) is 2.22. The number of piperidine rings is 1. The molecule has 19 heavy (non-hydrogen) atoms. The zero-order valence-electron chi connectivity index (χ0n) is 11.1. The van der Waals surface area contributed by atoms with E-state index in [-0.39, 0.29) is 0 Å². The lowest BCUT2D eigenvalue weighted by Gasteiger charge is -2.27. The molecule has 104 valence electrons. The Kier molecular flexibility index (Phi) is 5.51. The van der Waals surface area contributed by atoms with Gasteiger partial charge in [0, 0.05) is 32.5 Å². The Morgan fingerprint density at radius 2 is 1.89 bits per heavy atom. The summed E-state index contributed by atoms with van der Waals surface area (Å²) in [6, 6.07) is 9.92. The summed E-state index contributed by atoms with van der Waals surface area (Å²) < 4.78 is 5.50. The van der Waals surface area contributed by atoms with Crippen LogP contribution in [-0.2, 0) is 16.1 Å². The number of hydrogen-bond donors (Lipinski definition) is 1. The highest BCUT2D eigenvalue weighted by Gasteiger charge is 2.18. The fourth-order valence-electron chi connectivity index (χ4n) is 2.22. The van der Waals surface area contributed by atoms with Gasteiger partial charge in [0.1, 0.15) is 5.78 Å². The Hall–Kier alpha value is -1.23. The molecule has 1 unspecified atom stereocenters. The maximum absolute atomic E-state index is 11.1. The number of β-amino-alcohol motifs (C(OH)–C–C–N with tert-alkyl or cyclic N) is 1. The molecule has 1 fully saturated rings. The summed E-state index contributed by atoms with van der Waals surface area (Å²) in [5.74, 6) is 0.325. The number of benzene rings is 1. The molecule has 1 aromatic carbocycles. The Balaban J connectivity index is 1.62. The van der Waals surface area contributed by atoms with Gasteiger partial charge in [-0.1, -0.05) is 30.3 Å². The molecule has 2 rings (SSSR count). The normalized spacial score (nSPS) is 18.5. The summed E-state index contributed by atoms with van der Waals surface area (Å²) in [7, 11) is 0. The van der Waals surface area contributed by atoms with Crippen molar-refractivity contribution in [2.45, 2.75) is 25.6 Å². The highest BCUT2D eigenvalue weighted by molar-refractivity contribution is 5.79. The zero-order chi connectivity index (χ0) is 13.5. The topological polar surface area (TPSA) is 49.8 Å². The zero-order valence-corrected chi connectivity index (χ0v) is 11.1. The molecular formula is C15H21NO3. The van der Waals surface area contributed by atoms with Gasteiger partial charge < -0.3 is 9.84 Å². The number of carbonyl (C=O) groups excluding carboxylic acids is 1. The molecule has 0 spiro atoms. The monoisotopic (exact) mass is 263 g/mol. The van der Waals surface area contributed by atoms with Gasteiger partial charge in [-0.3, -0.25) is 9.69 Å². The molecule has 1 aliphatic rings. The highest BCUT2D eigenvalue weighted by Crippen LogP contribution is 2.07. The number of ketones is 1. The summed E-state index contributed by atoms with van der Waals surface area (Å²) >= 11 is 0. The number of carbonyl (C=O) groups is 1. The molecule has 1 aliphatic heterocycles. The maximum Gasteiger partial charge on any atom is 0.135 e. The van der Waals surface area contributed by atoms with Crippen LogP contribution in [0.3, 0.4) is 0 Å². The van der Waals surface area contributed by atoms with Gasteiger partial charge in [0.25, 0.3) is 0 Å². The molecular weight excluding hydrogens is 242 g/mol. The lowest BCUT2D eigenvalue weighted by Crippen LogP contribution is -2.40. The van der Waals surface area contributed by atoms with E-state index < -0.39 is 6.10 Å². The van der Waals surface area contributed by atoms with Crippen LogP contribution in [0, 0.1) is 0 Å². The third kappa shape index (κ3) is 5.11. The largest absolute Gasteiger partial charge is 0.389 e. The molecule has 0 bridgehead atoms. The number of hydrogen-bond acceptors (Lipinski definition) is 4. The van der Waals surface area contributed by atoms with E-state index in [1.54, 1.807) is 0 Å². The first kappa shape index (κ1) is 14.2. The van der Waals surface area contributed by atoms with Gasteiger partial charge in [0.05, 0.1) is 19.3 Å². The number of aliphatic hydroxyl groups excluding tert-OH is 1. The van der Waals surface area contributed by atoms with Gasteiger partial charge in [-0.2, -0.15) is 0 Å². The van der Waals surface area contributed by atoms with Crippen molar-refractivity contribution < 1.29 is 14.6 Å². The average Bonchev–Trinajstić information content (AvgIpc) is 2.43. The Morgan fingerprint density at radius 1 is 1.21 bits per heavy atom. The van der Waals surface area contributed by atoms with Gasteiger partial charge in [-0.15, -0.1) is 0 Å². The number of aliphatic hydroxyl groups is 1. The molecule has 4 nitrogen and oxygen atoms in total. The van der Waals surface area contributed by atoms with E-state index in [9.17, 15) is 9.90 Å². The number of ether oxygens (including phenoxy) is 1. The van der Waals surface area contributed by atoms with E-state index in [4.69, 9.17) is 4.74 Å². The molecule has 4 heteroatoms. The lowest BCUT2D eigenvalue weighted by molar-refractivity contribution is -0.121. The number of nitrogens with zero attached hydrogens (tertiary/aromatic N) is 1. The molecule has 0 radical (unpaired) electrons. The van der Waals surface area contributed by atoms with Crippen molar-refractivity contribution >= 4 is 5.78 Å². The first-order valence-corrected chi connectivity index (χ1v) is 6.78. The molecule has 1 heterocycles. The average molecular weight is 263 g/mol. The fraction of sp³-hybridized carbons (Fsp3) is 0.533. The van der Waals surface area contributed by atoms with Crippen LogP contribution in [0.1, 0.15) is 18.4 Å². The van der Waals surface area contributed by atoms with Crippen molar-refractivity contribution in [3.8, 4) is 0 Å². The quantitative estimate of drug-likeness (QED) is 0.838. The van der Waals surface area contributed by atoms with E-state index in [2.05, 4.69) is 4.90 Å². The number of rotatable bonds is 6. The minimum absolute atomic E-state index is 0.325. The van der Waals surface area contributed by atoms with Gasteiger partial charge >= 0.3 is 0 Å². The lowest BCUT2D eigenvalue weighted by atomic mass is 10.1. The smallest absolute Gasteiger partial charge is 0.135 e. The summed E-state index contributed by atoms with van der Waals surface area (Å²) in [5, 5.41) is 9.89. The molecule has 1 saturated heterocycles. The number of likely N-dealkylation sites (tertiary alicyclic amines) is 1. The van der Waals surface area contributed by atoms with Crippen LogP contribution in [0.15, 0.2) is 30.3 Å². The van der Waals surface area contributed by atoms with Gasteiger partial charge in [-0.05, 0) is 5.56 Å². The summed E-state index contributed by atoms with van der Waals surface area (Å²) in [6.07, 6.45) is 0.728. The second kappa shape index (κ2) is 7.38. The van der Waals surface area contributed by atoms with Crippen LogP contribution >= 0.6 is 0 Å². The molecule has 0 saturated carbocycles. The van der Waals surface area contributed by atoms with Gasteiger partial charge in [0.2, 0.25) is 0 Å². The standard InChI is InChI=1S/C15H21NO3/c17-14-6-8-16(9-7-14)10-15(18)12-19-11-13-4-2-1-3-5-13/h1-5,15,18H,6-12H2. The SMILES string of the molecule is O=C1CCN(CC(O)COCc2ccccc2)CC1. The Bertz CT molecular complexity index is 384. The van der Waals surface area contributed by atoms with Crippen molar-refractivity contribution in [1.29, 1.82) is 0 Å². The van der Waals surface area contributed by atoms with Crippen molar-refractivity contribution in [1.82, 2.24) is 4.90 Å². The second-order valence-electron chi connectivity index (χ2n) is 4.99. The third-order valence-corrected chi connectivity index (χ3v) is 3.30. The molecule has 1 atom stereocenters. The highest BCUT2D eigenvalue weighted by atomic mass is 16.5. The first-order valence-electron chi connectivity index (χ1n) is 6.78. The minimum atomic E-state index is -0.489. The molecule has 0 aliphatic carbocycles. The van der Waals surface area contributed by atoms with Gasteiger partial charge in [0.15, 0.2) is 0 Å². The van der Waals surface area contributed by atoms with E-state index in [0.717, 1.165) is 18.7 Å². The third-order valence-electron chi connectivity index (χ3n) is 3.30.